The standard InChI is InChI=1S/C18H22N4O3S/c1-26(24,25)20-14-7-9-16(10-8-14)22-12-11-21(13-17(22)18(19)23)15-5-3-2-4-6-15/h2-10,17,20H,11-13H2,1H3,(H2,19,23). The minimum Gasteiger partial charge on any atom is -0.368 e. The van der Waals surface area contributed by atoms with Crippen molar-refractivity contribution in [1.82, 2.24) is 0 Å². The van der Waals surface area contributed by atoms with Crippen molar-refractivity contribution >= 4 is 33.0 Å². The van der Waals surface area contributed by atoms with Gasteiger partial charge in [-0.2, -0.15) is 0 Å². The summed E-state index contributed by atoms with van der Waals surface area (Å²) in [5.74, 6) is -0.385. The van der Waals surface area contributed by atoms with Crippen molar-refractivity contribution in [3.63, 3.8) is 0 Å². The summed E-state index contributed by atoms with van der Waals surface area (Å²) in [5.41, 5.74) is 8.03. The zero-order chi connectivity index (χ0) is 18.7. The molecule has 3 rings (SSSR count). The highest BCUT2D eigenvalue weighted by Crippen LogP contribution is 2.25. The topological polar surface area (TPSA) is 95.7 Å². The Labute approximate surface area is 153 Å². The number of primary amides is 1. The van der Waals surface area contributed by atoms with Crippen LogP contribution in [-0.2, 0) is 14.8 Å². The van der Waals surface area contributed by atoms with E-state index in [0.29, 0.717) is 18.8 Å². The van der Waals surface area contributed by atoms with E-state index in [4.69, 9.17) is 5.73 Å². The van der Waals surface area contributed by atoms with Crippen molar-refractivity contribution in [1.29, 1.82) is 0 Å². The van der Waals surface area contributed by atoms with E-state index in [1.165, 1.54) is 0 Å². The minimum atomic E-state index is -3.32. The van der Waals surface area contributed by atoms with Gasteiger partial charge in [-0.05, 0) is 36.4 Å². The molecule has 2 aromatic rings. The van der Waals surface area contributed by atoms with E-state index in [1.807, 2.05) is 35.2 Å². The molecule has 1 amide bonds. The summed E-state index contributed by atoms with van der Waals surface area (Å²) >= 11 is 0. The van der Waals surface area contributed by atoms with Crippen LogP contribution < -0.4 is 20.3 Å². The molecule has 1 atom stereocenters. The highest BCUT2D eigenvalue weighted by Gasteiger charge is 2.31. The summed E-state index contributed by atoms with van der Waals surface area (Å²) in [6.45, 7) is 1.90. The molecule has 0 aliphatic carbocycles. The minimum absolute atomic E-state index is 0.385. The molecule has 3 N–H and O–H groups in total. The molecule has 1 aliphatic rings. The number of benzene rings is 2. The van der Waals surface area contributed by atoms with E-state index >= 15 is 0 Å². The van der Waals surface area contributed by atoms with Crippen LogP contribution in [0, 0.1) is 0 Å². The number of nitrogens with two attached hydrogens (primary N) is 1. The van der Waals surface area contributed by atoms with Crippen LogP contribution in [-0.4, -0.2) is 46.3 Å². The molecule has 1 saturated heterocycles. The summed E-state index contributed by atoms with van der Waals surface area (Å²) in [7, 11) is -3.32. The van der Waals surface area contributed by atoms with Gasteiger partial charge >= 0.3 is 0 Å². The second-order valence-electron chi connectivity index (χ2n) is 6.31. The van der Waals surface area contributed by atoms with E-state index < -0.39 is 16.1 Å². The Morgan fingerprint density at radius 2 is 1.69 bits per heavy atom. The van der Waals surface area contributed by atoms with E-state index in [-0.39, 0.29) is 5.91 Å². The number of nitrogens with one attached hydrogen (secondary N) is 1. The van der Waals surface area contributed by atoms with Crippen LogP contribution >= 0.6 is 0 Å². The number of carbonyl (C=O) groups excluding carboxylic acids is 1. The zero-order valence-corrected chi connectivity index (χ0v) is 15.3. The van der Waals surface area contributed by atoms with E-state index in [9.17, 15) is 13.2 Å². The van der Waals surface area contributed by atoms with Gasteiger partial charge in [0.25, 0.3) is 0 Å². The van der Waals surface area contributed by atoms with Crippen LogP contribution in [0.3, 0.4) is 0 Å². The van der Waals surface area contributed by atoms with E-state index in [1.54, 1.807) is 24.3 Å². The molecule has 8 heteroatoms. The number of anilines is 3. The predicted molar refractivity (Wildman–Crippen MR) is 104 cm³/mol. The predicted octanol–water partition coefficient (Wildman–Crippen LogP) is 1.24. The first kappa shape index (κ1) is 18.1. The van der Waals surface area contributed by atoms with E-state index in [2.05, 4.69) is 9.62 Å². The molecule has 26 heavy (non-hydrogen) atoms. The quantitative estimate of drug-likeness (QED) is 0.821. The molecular formula is C18H22N4O3S. The Kier molecular flexibility index (Phi) is 5.03. The van der Waals surface area contributed by atoms with Gasteiger partial charge in [-0.25, -0.2) is 8.42 Å². The molecular weight excluding hydrogens is 352 g/mol. The largest absolute Gasteiger partial charge is 0.368 e. The third-order valence-electron chi connectivity index (χ3n) is 4.33. The lowest BCUT2D eigenvalue weighted by Crippen LogP contribution is -2.58. The van der Waals surface area contributed by atoms with Gasteiger partial charge in [-0.1, -0.05) is 18.2 Å². The molecule has 1 aliphatic heterocycles. The van der Waals surface area contributed by atoms with Gasteiger partial charge in [0.1, 0.15) is 6.04 Å². The molecule has 1 fully saturated rings. The Morgan fingerprint density at radius 1 is 1.04 bits per heavy atom. The van der Waals surface area contributed by atoms with Crippen molar-refractivity contribution < 1.29 is 13.2 Å². The summed E-state index contributed by atoms with van der Waals surface area (Å²) < 4.78 is 25.1. The summed E-state index contributed by atoms with van der Waals surface area (Å²) in [6, 6.07) is 16.4. The van der Waals surface area contributed by atoms with Gasteiger partial charge in [0.15, 0.2) is 0 Å². The maximum Gasteiger partial charge on any atom is 0.241 e. The fourth-order valence-corrected chi connectivity index (χ4v) is 3.71. The van der Waals surface area contributed by atoms with Crippen LogP contribution in [0.15, 0.2) is 54.6 Å². The maximum atomic E-state index is 12.0. The SMILES string of the molecule is CS(=O)(=O)Nc1ccc(N2CCN(c3ccccc3)CC2C(N)=O)cc1. The fourth-order valence-electron chi connectivity index (χ4n) is 3.14. The summed E-state index contributed by atoms with van der Waals surface area (Å²) in [5, 5.41) is 0. The van der Waals surface area contributed by atoms with Crippen LogP contribution in [0.5, 0.6) is 0 Å². The Balaban J connectivity index is 1.78. The van der Waals surface area contributed by atoms with Crippen molar-refractivity contribution in [3.05, 3.63) is 54.6 Å². The molecule has 138 valence electrons. The van der Waals surface area contributed by atoms with E-state index in [0.717, 1.165) is 24.2 Å². The Hall–Kier alpha value is -2.74. The molecule has 0 radical (unpaired) electrons. The third kappa shape index (κ3) is 4.26. The fraction of sp³-hybridized carbons (Fsp3) is 0.278. The Bertz CT molecular complexity index is 869. The van der Waals surface area contributed by atoms with Crippen LogP contribution in [0.25, 0.3) is 0 Å². The van der Waals surface area contributed by atoms with Crippen LogP contribution in [0.1, 0.15) is 0 Å². The number of hydrogen-bond donors (Lipinski definition) is 2. The maximum absolute atomic E-state index is 12.0. The van der Waals surface area contributed by atoms with Gasteiger partial charge in [0, 0.05) is 36.7 Å². The van der Waals surface area contributed by atoms with Crippen LogP contribution in [0.2, 0.25) is 0 Å². The number of carbonyl (C=O) groups is 1. The first-order valence-electron chi connectivity index (χ1n) is 8.27. The van der Waals surface area contributed by atoms with Crippen molar-refractivity contribution in [3.8, 4) is 0 Å². The zero-order valence-electron chi connectivity index (χ0n) is 14.5. The second-order valence-corrected chi connectivity index (χ2v) is 8.06. The number of sulfonamides is 1. The monoisotopic (exact) mass is 374 g/mol. The van der Waals surface area contributed by atoms with Gasteiger partial charge in [0.2, 0.25) is 15.9 Å². The highest BCUT2D eigenvalue weighted by molar-refractivity contribution is 7.92. The van der Waals surface area contributed by atoms with Gasteiger partial charge in [-0.3, -0.25) is 9.52 Å². The molecule has 1 heterocycles. The van der Waals surface area contributed by atoms with Crippen LogP contribution in [0.4, 0.5) is 17.1 Å². The van der Waals surface area contributed by atoms with Crippen molar-refractivity contribution in [2.24, 2.45) is 5.73 Å². The van der Waals surface area contributed by atoms with Gasteiger partial charge in [0.05, 0.1) is 6.26 Å². The number of piperazine rings is 1. The smallest absolute Gasteiger partial charge is 0.241 e. The van der Waals surface area contributed by atoms with Gasteiger partial charge < -0.3 is 15.5 Å². The third-order valence-corrected chi connectivity index (χ3v) is 4.94. The number of nitrogens with zero attached hydrogens (tertiary/aromatic N) is 2. The highest BCUT2D eigenvalue weighted by atomic mass is 32.2. The van der Waals surface area contributed by atoms with Crippen molar-refractivity contribution in [2.75, 3.05) is 40.4 Å². The molecule has 0 bridgehead atoms. The second kappa shape index (κ2) is 7.25. The summed E-state index contributed by atoms with van der Waals surface area (Å²) in [6.07, 6.45) is 1.10. The van der Waals surface area contributed by atoms with Crippen molar-refractivity contribution in [2.45, 2.75) is 6.04 Å². The number of hydrogen-bond acceptors (Lipinski definition) is 5. The summed E-state index contributed by atoms with van der Waals surface area (Å²) in [4.78, 5) is 16.1. The first-order chi connectivity index (χ1) is 12.3. The lowest BCUT2D eigenvalue weighted by molar-refractivity contribution is -0.119. The number of para-hydroxylation sites is 1. The molecule has 0 saturated carbocycles. The molecule has 0 spiro atoms. The first-order valence-corrected chi connectivity index (χ1v) is 10.2. The lowest BCUT2D eigenvalue weighted by Gasteiger charge is -2.42. The Morgan fingerprint density at radius 3 is 2.27 bits per heavy atom. The average Bonchev–Trinajstić information content (AvgIpc) is 2.61. The molecule has 7 nitrogen and oxygen atoms in total. The number of amides is 1. The molecule has 1 unspecified atom stereocenters. The number of rotatable bonds is 5. The average molecular weight is 374 g/mol. The normalized spacial score (nSPS) is 17.8. The molecule has 2 aromatic carbocycles. The van der Waals surface area contributed by atoms with Gasteiger partial charge in [-0.15, -0.1) is 0 Å². The lowest BCUT2D eigenvalue weighted by atomic mass is 10.1. The molecule has 0 aromatic heterocycles.